The van der Waals surface area contributed by atoms with Crippen LogP contribution in [0.2, 0.25) is 0 Å². The molecule has 16 heavy (non-hydrogen) atoms. The fraction of sp³-hybridized carbons (Fsp3) is 0.571. The molecule has 90 valence electrons. The minimum atomic E-state index is 0.0323. The molecule has 0 aliphatic carbocycles. The summed E-state index contributed by atoms with van der Waals surface area (Å²) >= 11 is 0. The zero-order valence-electron chi connectivity index (χ0n) is 10.6. The molecule has 0 bridgehead atoms. The lowest BCUT2D eigenvalue weighted by atomic mass is 9.99. The number of rotatable bonds is 6. The van der Waals surface area contributed by atoms with Crippen LogP contribution >= 0.6 is 0 Å². The van der Waals surface area contributed by atoms with E-state index >= 15 is 0 Å². The highest BCUT2D eigenvalue weighted by Crippen LogP contribution is 2.23. The first-order chi connectivity index (χ1) is 7.69. The molecule has 0 heterocycles. The quantitative estimate of drug-likeness (QED) is 0.800. The third kappa shape index (κ3) is 3.62. The first-order valence-corrected chi connectivity index (χ1v) is 6.12. The number of aryl methyl sites for hydroxylation is 1. The van der Waals surface area contributed by atoms with Gasteiger partial charge in [-0.15, -0.1) is 0 Å². The Morgan fingerprint density at radius 1 is 1.31 bits per heavy atom. The molecular formula is C14H23NO. The zero-order valence-corrected chi connectivity index (χ0v) is 10.6. The van der Waals surface area contributed by atoms with Gasteiger partial charge in [-0.2, -0.15) is 0 Å². The molecule has 2 atom stereocenters. The van der Waals surface area contributed by atoms with Gasteiger partial charge in [0.1, 0.15) is 0 Å². The molecule has 0 saturated carbocycles. The van der Waals surface area contributed by atoms with Crippen molar-refractivity contribution in [1.29, 1.82) is 0 Å². The molecule has 0 aliphatic rings. The molecule has 2 unspecified atom stereocenters. The van der Waals surface area contributed by atoms with Crippen molar-refractivity contribution < 1.29 is 4.74 Å². The zero-order chi connectivity index (χ0) is 12.0. The van der Waals surface area contributed by atoms with Gasteiger partial charge in [0.05, 0.1) is 6.10 Å². The Bertz CT molecular complexity index is 311. The average Bonchev–Trinajstić information content (AvgIpc) is 2.29. The minimum absolute atomic E-state index is 0.0323. The van der Waals surface area contributed by atoms with E-state index in [1.807, 2.05) is 0 Å². The number of benzene rings is 1. The highest BCUT2D eigenvalue weighted by Gasteiger charge is 2.18. The van der Waals surface area contributed by atoms with Gasteiger partial charge in [-0.3, -0.25) is 0 Å². The van der Waals surface area contributed by atoms with E-state index in [9.17, 15) is 0 Å². The standard InChI is InChI=1S/C14H23NO/c1-4-9-16-14(13(15)5-2)12-8-6-7-11(3)10-12/h6-8,10,13-14H,4-5,9,15H2,1-3H3. The fourth-order valence-corrected chi connectivity index (χ4v) is 1.77. The van der Waals surface area contributed by atoms with Gasteiger partial charge in [0.2, 0.25) is 0 Å². The summed E-state index contributed by atoms with van der Waals surface area (Å²) in [5.74, 6) is 0. The van der Waals surface area contributed by atoms with Gasteiger partial charge in [0, 0.05) is 12.6 Å². The summed E-state index contributed by atoms with van der Waals surface area (Å²) in [6.07, 6.45) is 1.99. The first kappa shape index (κ1) is 13.2. The third-order valence-corrected chi connectivity index (χ3v) is 2.73. The molecule has 1 aromatic rings. The van der Waals surface area contributed by atoms with Crippen molar-refractivity contribution in [3.63, 3.8) is 0 Å². The lowest BCUT2D eigenvalue weighted by molar-refractivity contribution is 0.0339. The van der Waals surface area contributed by atoms with Crippen molar-refractivity contribution in [1.82, 2.24) is 0 Å². The summed E-state index contributed by atoms with van der Waals surface area (Å²) in [5, 5.41) is 0. The van der Waals surface area contributed by atoms with Gasteiger partial charge < -0.3 is 10.5 Å². The van der Waals surface area contributed by atoms with Crippen LogP contribution in [0.3, 0.4) is 0 Å². The maximum absolute atomic E-state index is 6.12. The summed E-state index contributed by atoms with van der Waals surface area (Å²) in [4.78, 5) is 0. The van der Waals surface area contributed by atoms with Crippen molar-refractivity contribution in [3.8, 4) is 0 Å². The maximum Gasteiger partial charge on any atom is 0.0975 e. The summed E-state index contributed by atoms with van der Waals surface area (Å²) in [7, 11) is 0. The topological polar surface area (TPSA) is 35.2 Å². The number of ether oxygens (including phenoxy) is 1. The highest BCUT2D eigenvalue weighted by molar-refractivity contribution is 5.25. The smallest absolute Gasteiger partial charge is 0.0975 e. The van der Waals surface area contributed by atoms with E-state index in [4.69, 9.17) is 10.5 Å². The lowest BCUT2D eigenvalue weighted by Crippen LogP contribution is -2.29. The van der Waals surface area contributed by atoms with E-state index in [1.165, 1.54) is 11.1 Å². The third-order valence-electron chi connectivity index (χ3n) is 2.73. The van der Waals surface area contributed by atoms with E-state index in [0.29, 0.717) is 0 Å². The summed E-state index contributed by atoms with van der Waals surface area (Å²) < 4.78 is 5.86. The molecule has 0 radical (unpaired) electrons. The predicted octanol–water partition coefficient (Wildman–Crippen LogP) is 3.20. The SMILES string of the molecule is CCCOC(c1cccc(C)c1)C(N)CC. The van der Waals surface area contributed by atoms with Crippen molar-refractivity contribution >= 4 is 0 Å². The molecule has 2 N–H and O–H groups in total. The van der Waals surface area contributed by atoms with E-state index in [-0.39, 0.29) is 12.1 Å². The Hall–Kier alpha value is -0.860. The summed E-state index contributed by atoms with van der Waals surface area (Å²) in [6, 6.07) is 8.50. The van der Waals surface area contributed by atoms with E-state index in [1.54, 1.807) is 0 Å². The molecule has 2 nitrogen and oxygen atoms in total. The highest BCUT2D eigenvalue weighted by atomic mass is 16.5. The lowest BCUT2D eigenvalue weighted by Gasteiger charge is -2.24. The van der Waals surface area contributed by atoms with Crippen LogP contribution in [0.5, 0.6) is 0 Å². The molecule has 2 heteroatoms. The normalized spacial score (nSPS) is 14.8. The second-order valence-corrected chi connectivity index (χ2v) is 4.28. The molecule has 0 saturated heterocycles. The van der Waals surface area contributed by atoms with Gasteiger partial charge in [0.25, 0.3) is 0 Å². The molecule has 1 rings (SSSR count). The van der Waals surface area contributed by atoms with Crippen LogP contribution in [0.4, 0.5) is 0 Å². The van der Waals surface area contributed by atoms with Crippen LogP contribution in [0, 0.1) is 6.92 Å². The number of hydrogen-bond donors (Lipinski definition) is 1. The van der Waals surface area contributed by atoms with E-state index in [0.717, 1.165) is 19.4 Å². The Morgan fingerprint density at radius 3 is 2.62 bits per heavy atom. The maximum atomic E-state index is 6.12. The van der Waals surface area contributed by atoms with Gasteiger partial charge >= 0.3 is 0 Å². The first-order valence-electron chi connectivity index (χ1n) is 6.12. The Kier molecular flexibility index (Phi) is 5.50. The molecule has 0 fully saturated rings. The minimum Gasteiger partial charge on any atom is -0.372 e. The van der Waals surface area contributed by atoms with E-state index < -0.39 is 0 Å². The second-order valence-electron chi connectivity index (χ2n) is 4.28. The van der Waals surface area contributed by atoms with E-state index in [2.05, 4.69) is 45.0 Å². The number of hydrogen-bond acceptors (Lipinski definition) is 2. The molecule has 0 aliphatic heterocycles. The van der Waals surface area contributed by atoms with Gasteiger partial charge in [-0.25, -0.2) is 0 Å². The molecular weight excluding hydrogens is 198 g/mol. The van der Waals surface area contributed by atoms with Crippen LogP contribution in [0.1, 0.15) is 43.9 Å². The van der Waals surface area contributed by atoms with Gasteiger partial charge in [-0.1, -0.05) is 43.7 Å². The van der Waals surface area contributed by atoms with Crippen LogP contribution in [-0.4, -0.2) is 12.6 Å². The molecule has 0 amide bonds. The predicted molar refractivity (Wildman–Crippen MR) is 68.4 cm³/mol. The Balaban J connectivity index is 2.82. The van der Waals surface area contributed by atoms with Crippen LogP contribution < -0.4 is 5.73 Å². The summed E-state index contributed by atoms with van der Waals surface area (Å²) in [6.45, 7) is 7.08. The van der Waals surface area contributed by atoms with Crippen LogP contribution in [-0.2, 0) is 4.74 Å². The molecule has 0 spiro atoms. The van der Waals surface area contributed by atoms with Crippen molar-refractivity contribution in [2.75, 3.05) is 6.61 Å². The van der Waals surface area contributed by atoms with Gasteiger partial charge in [-0.05, 0) is 25.3 Å². The second kappa shape index (κ2) is 6.66. The van der Waals surface area contributed by atoms with Crippen LogP contribution in [0.25, 0.3) is 0 Å². The van der Waals surface area contributed by atoms with Crippen molar-refractivity contribution in [2.24, 2.45) is 5.73 Å². The largest absolute Gasteiger partial charge is 0.372 e. The number of nitrogens with two attached hydrogens (primary N) is 1. The van der Waals surface area contributed by atoms with Crippen molar-refractivity contribution in [2.45, 2.75) is 45.8 Å². The Labute approximate surface area is 98.8 Å². The van der Waals surface area contributed by atoms with Gasteiger partial charge in [0.15, 0.2) is 0 Å². The average molecular weight is 221 g/mol. The van der Waals surface area contributed by atoms with Crippen molar-refractivity contribution in [3.05, 3.63) is 35.4 Å². The Morgan fingerprint density at radius 2 is 2.06 bits per heavy atom. The summed E-state index contributed by atoms with van der Waals surface area (Å²) in [5.41, 5.74) is 8.57. The fourth-order valence-electron chi connectivity index (χ4n) is 1.77. The molecule has 0 aromatic heterocycles. The van der Waals surface area contributed by atoms with Crippen LogP contribution in [0.15, 0.2) is 24.3 Å². The monoisotopic (exact) mass is 221 g/mol. The molecule has 1 aromatic carbocycles.